The summed E-state index contributed by atoms with van der Waals surface area (Å²) < 4.78 is 5.30. The summed E-state index contributed by atoms with van der Waals surface area (Å²) in [5.41, 5.74) is 4.32. The van der Waals surface area contributed by atoms with Gasteiger partial charge in [-0.2, -0.15) is 0 Å². The number of para-hydroxylation sites is 2. The molecule has 168 valence electrons. The summed E-state index contributed by atoms with van der Waals surface area (Å²) in [5, 5.41) is 15.9. The standard InChI is InChI=1S/C25H25N5O3/c1-33-16-19-15-28-25(29-20-8-3-2-4-9-20)30-23(19)18-13-21(27-14-18)24(32)26-12-11-17-7-5-6-10-22(17)31/h2-10,13-15,27,31H,11-12,16H2,1H3,(H,26,32)(H,28,29,30). The van der Waals surface area contributed by atoms with Crippen LogP contribution in [0.15, 0.2) is 73.1 Å². The fourth-order valence-electron chi connectivity index (χ4n) is 3.42. The molecule has 0 fully saturated rings. The van der Waals surface area contributed by atoms with E-state index in [1.165, 1.54) is 0 Å². The highest BCUT2D eigenvalue weighted by Gasteiger charge is 2.15. The lowest BCUT2D eigenvalue weighted by atomic mass is 10.1. The highest BCUT2D eigenvalue weighted by atomic mass is 16.5. The van der Waals surface area contributed by atoms with E-state index in [0.717, 1.165) is 22.4 Å². The van der Waals surface area contributed by atoms with Crippen LogP contribution in [-0.2, 0) is 17.8 Å². The average Bonchev–Trinajstić information content (AvgIpc) is 3.32. The number of benzene rings is 2. The van der Waals surface area contributed by atoms with Crippen LogP contribution in [0.3, 0.4) is 0 Å². The van der Waals surface area contributed by atoms with Crippen LogP contribution in [-0.4, -0.2) is 39.6 Å². The first-order chi connectivity index (χ1) is 16.1. The number of hydrogen-bond donors (Lipinski definition) is 4. The van der Waals surface area contributed by atoms with E-state index in [9.17, 15) is 9.90 Å². The summed E-state index contributed by atoms with van der Waals surface area (Å²) in [6.07, 6.45) is 3.99. The summed E-state index contributed by atoms with van der Waals surface area (Å²) in [5.74, 6) is 0.441. The number of nitrogens with one attached hydrogen (secondary N) is 3. The molecule has 8 nitrogen and oxygen atoms in total. The van der Waals surface area contributed by atoms with Gasteiger partial charge in [0.25, 0.3) is 5.91 Å². The molecule has 0 saturated heterocycles. The van der Waals surface area contributed by atoms with Crippen molar-refractivity contribution in [1.82, 2.24) is 20.3 Å². The molecule has 0 aliphatic carbocycles. The first kappa shape index (κ1) is 22.0. The van der Waals surface area contributed by atoms with E-state index < -0.39 is 0 Å². The lowest BCUT2D eigenvalue weighted by Crippen LogP contribution is -2.25. The number of carbonyl (C=O) groups excluding carboxylic acids is 1. The zero-order chi connectivity index (χ0) is 23.0. The Kier molecular flexibility index (Phi) is 6.96. The van der Waals surface area contributed by atoms with Gasteiger partial charge in [0.1, 0.15) is 11.4 Å². The van der Waals surface area contributed by atoms with E-state index in [1.54, 1.807) is 37.7 Å². The van der Waals surface area contributed by atoms with Crippen molar-refractivity contribution in [3.8, 4) is 17.0 Å². The van der Waals surface area contributed by atoms with Gasteiger partial charge in [0.15, 0.2) is 0 Å². The zero-order valence-corrected chi connectivity index (χ0v) is 18.2. The van der Waals surface area contributed by atoms with Gasteiger partial charge >= 0.3 is 0 Å². The first-order valence-corrected chi connectivity index (χ1v) is 10.5. The van der Waals surface area contributed by atoms with E-state index in [0.29, 0.717) is 36.9 Å². The number of ether oxygens (including phenoxy) is 1. The van der Waals surface area contributed by atoms with E-state index in [-0.39, 0.29) is 11.7 Å². The number of anilines is 2. The molecule has 0 aliphatic heterocycles. The number of carbonyl (C=O) groups is 1. The second kappa shape index (κ2) is 10.4. The second-order valence-electron chi connectivity index (χ2n) is 7.43. The normalized spacial score (nSPS) is 10.7. The Morgan fingerprint density at radius 3 is 2.67 bits per heavy atom. The summed E-state index contributed by atoms with van der Waals surface area (Å²) in [7, 11) is 1.61. The van der Waals surface area contributed by atoms with Gasteiger partial charge in [0.05, 0.1) is 12.3 Å². The topological polar surface area (TPSA) is 112 Å². The molecule has 0 aliphatic rings. The highest BCUT2D eigenvalue weighted by Crippen LogP contribution is 2.25. The molecule has 33 heavy (non-hydrogen) atoms. The minimum Gasteiger partial charge on any atom is -0.508 e. The summed E-state index contributed by atoms with van der Waals surface area (Å²) >= 11 is 0. The number of methoxy groups -OCH3 is 1. The van der Waals surface area contributed by atoms with Crippen LogP contribution >= 0.6 is 0 Å². The highest BCUT2D eigenvalue weighted by molar-refractivity contribution is 5.94. The van der Waals surface area contributed by atoms with Crippen molar-refractivity contribution in [2.24, 2.45) is 0 Å². The molecule has 8 heteroatoms. The van der Waals surface area contributed by atoms with Crippen LogP contribution in [0.4, 0.5) is 11.6 Å². The SMILES string of the molecule is COCc1cnc(Nc2ccccc2)nc1-c1c[nH]c(C(=O)NCCc2ccccc2O)c1. The van der Waals surface area contributed by atoms with E-state index in [2.05, 4.69) is 25.6 Å². The fourth-order valence-corrected chi connectivity index (χ4v) is 3.42. The molecule has 0 saturated carbocycles. The van der Waals surface area contributed by atoms with Gasteiger partial charge in [-0.3, -0.25) is 4.79 Å². The van der Waals surface area contributed by atoms with Gasteiger partial charge in [0, 0.05) is 42.9 Å². The second-order valence-corrected chi connectivity index (χ2v) is 7.43. The molecule has 4 rings (SSSR count). The number of aromatic nitrogens is 3. The number of rotatable bonds is 9. The van der Waals surface area contributed by atoms with Gasteiger partial charge in [-0.15, -0.1) is 0 Å². The fraction of sp³-hybridized carbons (Fsp3) is 0.160. The maximum Gasteiger partial charge on any atom is 0.267 e. The first-order valence-electron chi connectivity index (χ1n) is 10.5. The number of aromatic amines is 1. The molecular weight excluding hydrogens is 418 g/mol. The third kappa shape index (κ3) is 5.55. The Morgan fingerprint density at radius 1 is 1.09 bits per heavy atom. The largest absolute Gasteiger partial charge is 0.508 e. The number of aromatic hydroxyl groups is 1. The number of nitrogens with zero attached hydrogens (tertiary/aromatic N) is 2. The Labute approximate surface area is 191 Å². The summed E-state index contributed by atoms with van der Waals surface area (Å²) in [6.45, 7) is 0.743. The van der Waals surface area contributed by atoms with E-state index in [1.807, 2.05) is 42.5 Å². The number of amides is 1. The molecule has 0 atom stereocenters. The van der Waals surface area contributed by atoms with E-state index in [4.69, 9.17) is 4.74 Å². The molecule has 0 spiro atoms. The van der Waals surface area contributed by atoms with Crippen LogP contribution in [0.1, 0.15) is 21.6 Å². The van der Waals surface area contributed by atoms with Gasteiger partial charge < -0.3 is 25.5 Å². The van der Waals surface area contributed by atoms with Crippen molar-refractivity contribution in [2.45, 2.75) is 13.0 Å². The number of phenols is 1. The molecule has 4 N–H and O–H groups in total. The van der Waals surface area contributed by atoms with Crippen molar-refractivity contribution in [3.63, 3.8) is 0 Å². The molecular formula is C25H25N5O3. The lowest BCUT2D eigenvalue weighted by Gasteiger charge is -2.10. The molecule has 2 aromatic heterocycles. The third-order valence-electron chi connectivity index (χ3n) is 5.07. The molecule has 4 aromatic rings. The average molecular weight is 444 g/mol. The Morgan fingerprint density at radius 2 is 1.88 bits per heavy atom. The maximum absolute atomic E-state index is 12.6. The quantitative estimate of drug-likeness (QED) is 0.311. The smallest absolute Gasteiger partial charge is 0.267 e. The van der Waals surface area contributed by atoms with Gasteiger partial charge in [0.2, 0.25) is 5.95 Å². The van der Waals surface area contributed by atoms with Crippen LogP contribution in [0, 0.1) is 0 Å². The van der Waals surface area contributed by atoms with Gasteiger partial charge in [-0.1, -0.05) is 36.4 Å². The molecule has 0 radical (unpaired) electrons. The van der Waals surface area contributed by atoms with Crippen molar-refractivity contribution in [2.75, 3.05) is 19.0 Å². The van der Waals surface area contributed by atoms with Crippen molar-refractivity contribution < 1.29 is 14.6 Å². The van der Waals surface area contributed by atoms with Crippen molar-refractivity contribution in [1.29, 1.82) is 0 Å². The number of hydrogen-bond acceptors (Lipinski definition) is 6. The van der Waals surface area contributed by atoms with Crippen LogP contribution < -0.4 is 10.6 Å². The molecule has 1 amide bonds. The van der Waals surface area contributed by atoms with Crippen LogP contribution in [0.5, 0.6) is 5.75 Å². The Hall–Kier alpha value is -4.17. The van der Waals surface area contributed by atoms with Crippen molar-refractivity contribution in [3.05, 3.63) is 89.9 Å². The van der Waals surface area contributed by atoms with Crippen LogP contribution in [0.2, 0.25) is 0 Å². The lowest BCUT2D eigenvalue weighted by molar-refractivity contribution is 0.0949. The maximum atomic E-state index is 12.6. The Bertz CT molecular complexity index is 1220. The van der Waals surface area contributed by atoms with Gasteiger partial charge in [-0.25, -0.2) is 9.97 Å². The molecule has 2 aromatic carbocycles. The summed E-state index contributed by atoms with van der Waals surface area (Å²) in [6, 6.07) is 18.5. The monoisotopic (exact) mass is 443 g/mol. The van der Waals surface area contributed by atoms with Crippen molar-refractivity contribution >= 4 is 17.5 Å². The molecule has 2 heterocycles. The summed E-state index contributed by atoms with van der Waals surface area (Å²) in [4.78, 5) is 24.7. The zero-order valence-electron chi connectivity index (χ0n) is 18.2. The minimum absolute atomic E-state index is 0.225. The third-order valence-corrected chi connectivity index (χ3v) is 5.07. The number of phenolic OH excluding ortho intramolecular Hbond substituents is 1. The minimum atomic E-state index is -0.235. The van der Waals surface area contributed by atoms with Gasteiger partial charge in [-0.05, 0) is 36.2 Å². The molecule has 0 unspecified atom stereocenters. The van der Waals surface area contributed by atoms with E-state index >= 15 is 0 Å². The predicted octanol–water partition coefficient (Wildman–Crippen LogP) is 4.04. The Balaban J connectivity index is 1.48. The van der Waals surface area contributed by atoms with Crippen LogP contribution in [0.25, 0.3) is 11.3 Å². The molecule has 0 bridgehead atoms. The predicted molar refractivity (Wildman–Crippen MR) is 126 cm³/mol. The number of H-pyrrole nitrogens is 1.